The molecular weight excluding hydrogens is 156 g/mol. The molecule has 0 saturated carbocycles. The van der Waals surface area contributed by atoms with Crippen LogP contribution in [0.2, 0.25) is 0 Å². The minimum atomic E-state index is -0.909. The van der Waals surface area contributed by atoms with E-state index >= 15 is 0 Å². The monoisotopic (exact) mass is 172 g/mol. The number of nitrogens with one attached hydrogen (secondary N) is 2. The fraction of sp³-hybridized carbons (Fsp3) is 0.875. The fourth-order valence-corrected chi connectivity index (χ4v) is 1.73. The molecule has 0 aromatic heterocycles. The summed E-state index contributed by atoms with van der Waals surface area (Å²) in [6.07, 6.45) is 1.05. The van der Waals surface area contributed by atoms with Crippen molar-refractivity contribution >= 4 is 6.09 Å². The van der Waals surface area contributed by atoms with Crippen LogP contribution in [0.3, 0.4) is 0 Å². The Morgan fingerprint density at radius 2 is 2.58 bits per heavy atom. The van der Waals surface area contributed by atoms with E-state index in [0.717, 1.165) is 25.9 Å². The van der Waals surface area contributed by atoms with Gasteiger partial charge in [0, 0.05) is 6.04 Å². The lowest BCUT2D eigenvalue weighted by molar-refractivity contribution is 0.184. The highest BCUT2D eigenvalue weighted by Gasteiger charge is 2.24. The Hall–Kier alpha value is -0.770. The quantitative estimate of drug-likeness (QED) is 0.585. The first kappa shape index (κ1) is 9.32. The van der Waals surface area contributed by atoms with E-state index in [1.807, 2.05) is 6.92 Å². The Balaban J connectivity index is 2.37. The van der Waals surface area contributed by atoms with E-state index in [4.69, 9.17) is 5.11 Å². The lowest BCUT2D eigenvalue weighted by Gasteiger charge is -2.20. The van der Waals surface area contributed by atoms with Crippen LogP contribution in [0.1, 0.15) is 19.8 Å². The molecule has 1 amide bonds. The first-order chi connectivity index (χ1) is 5.74. The number of carboxylic acid groups (broad SMARTS) is 1. The van der Waals surface area contributed by atoms with E-state index in [0.29, 0.717) is 5.92 Å². The predicted octanol–water partition coefficient (Wildman–Crippen LogP) is 0.642. The van der Waals surface area contributed by atoms with Gasteiger partial charge in [0.2, 0.25) is 0 Å². The average Bonchev–Trinajstić information content (AvgIpc) is 2.51. The summed E-state index contributed by atoms with van der Waals surface area (Å²) in [4.78, 5) is 10.4. The summed E-state index contributed by atoms with van der Waals surface area (Å²) >= 11 is 0. The van der Waals surface area contributed by atoms with Crippen molar-refractivity contribution in [1.29, 1.82) is 0 Å². The molecule has 0 radical (unpaired) electrons. The summed E-state index contributed by atoms with van der Waals surface area (Å²) in [6.45, 7) is 3.97. The van der Waals surface area contributed by atoms with E-state index in [1.165, 1.54) is 0 Å². The van der Waals surface area contributed by atoms with Gasteiger partial charge < -0.3 is 15.7 Å². The third kappa shape index (κ3) is 2.37. The van der Waals surface area contributed by atoms with Crippen molar-refractivity contribution in [2.45, 2.75) is 25.8 Å². The topological polar surface area (TPSA) is 61.4 Å². The van der Waals surface area contributed by atoms with Crippen LogP contribution in [0.25, 0.3) is 0 Å². The van der Waals surface area contributed by atoms with Crippen molar-refractivity contribution in [1.82, 2.24) is 10.6 Å². The maximum absolute atomic E-state index is 10.4. The number of hydrogen-bond donors (Lipinski definition) is 3. The molecule has 0 aromatic rings. The molecular formula is C8H16N2O2. The Bertz CT molecular complexity index is 155. The zero-order valence-corrected chi connectivity index (χ0v) is 7.34. The van der Waals surface area contributed by atoms with Gasteiger partial charge in [0.1, 0.15) is 0 Å². The zero-order chi connectivity index (χ0) is 8.97. The summed E-state index contributed by atoms with van der Waals surface area (Å²) in [5.41, 5.74) is 0. The maximum Gasteiger partial charge on any atom is 0.404 e. The minimum Gasteiger partial charge on any atom is -0.465 e. The highest BCUT2D eigenvalue weighted by atomic mass is 16.4. The zero-order valence-electron chi connectivity index (χ0n) is 7.34. The third-order valence-corrected chi connectivity index (χ3v) is 2.42. The van der Waals surface area contributed by atoms with Crippen molar-refractivity contribution in [2.24, 2.45) is 5.92 Å². The largest absolute Gasteiger partial charge is 0.465 e. The molecule has 1 rings (SSSR count). The standard InChI is InChI=1S/C8H16N2O2/c1-2-7(10-8(11)12)6-3-4-9-5-6/h6-7,9-10H,2-5H2,1H3,(H,11,12). The summed E-state index contributed by atoms with van der Waals surface area (Å²) < 4.78 is 0. The molecule has 12 heavy (non-hydrogen) atoms. The van der Waals surface area contributed by atoms with E-state index in [2.05, 4.69) is 10.6 Å². The SMILES string of the molecule is CCC(NC(=O)O)C1CCNC1. The molecule has 1 heterocycles. The van der Waals surface area contributed by atoms with Gasteiger partial charge in [-0.1, -0.05) is 6.92 Å². The molecule has 2 atom stereocenters. The number of hydrogen-bond acceptors (Lipinski definition) is 2. The molecule has 1 aliphatic heterocycles. The molecule has 1 fully saturated rings. The highest BCUT2D eigenvalue weighted by Crippen LogP contribution is 2.14. The van der Waals surface area contributed by atoms with Crippen molar-refractivity contribution in [3.8, 4) is 0 Å². The van der Waals surface area contributed by atoms with Crippen LogP contribution in [0.15, 0.2) is 0 Å². The van der Waals surface area contributed by atoms with E-state index in [9.17, 15) is 4.79 Å². The normalized spacial score (nSPS) is 25.2. The van der Waals surface area contributed by atoms with E-state index < -0.39 is 6.09 Å². The summed E-state index contributed by atoms with van der Waals surface area (Å²) in [6, 6.07) is 0.123. The average molecular weight is 172 g/mol. The van der Waals surface area contributed by atoms with Gasteiger partial charge in [-0.05, 0) is 31.8 Å². The van der Waals surface area contributed by atoms with Gasteiger partial charge in [0.15, 0.2) is 0 Å². The molecule has 0 aromatic carbocycles. The first-order valence-corrected chi connectivity index (χ1v) is 4.44. The summed E-state index contributed by atoms with van der Waals surface area (Å²) in [5.74, 6) is 0.478. The van der Waals surface area contributed by atoms with Crippen molar-refractivity contribution in [2.75, 3.05) is 13.1 Å². The molecule has 0 aliphatic carbocycles. The molecule has 0 bridgehead atoms. The van der Waals surface area contributed by atoms with Crippen molar-refractivity contribution in [3.63, 3.8) is 0 Å². The molecule has 70 valence electrons. The van der Waals surface area contributed by atoms with E-state index in [-0.39, 0.29) is 6.04 Å². The van der Waals surface area contributed by atoms with Crippen LogP contribution >= 0.6 is 0 Å². The maximum atomic E-state index is 10.4. The second-order valence-corrected chi connectivity index (χ2v) is 3.22. The number of amides is 1. The summed E-state index contributed by atoms with van der Waals surface area (Å²) in [7, 11) is 0. The molecule has 1 aliphatic rings. The van der Waals surface area contributed by atoms with Crippen LogP contribution in [0.4, 0.5) is 4.79 Å². The van der Waals surface area contributed by atoms with Gasteiger partial charge in [-0.2, -0.15) is 0 Å². The second-order valence-electron chi connectivity index (χ2n) is 3.22. The van der Waals surface area contributed by atoms with Crippen LogP contribution in [0, 0.1) is 5.92 Å². The van der Waals surface area contributed by atoms with Gasteiger partial charge in [0.05, 0.1) is 0 Å². The summed E-state index contributed by atoms with van der Waals surface area (Å²) in [5, 5.41) is 14.3. The van der Waals surface area contributed by atoms with Crippen LogP contribution in [-0.2, 0) is 0 Å². The lowest BCUT2D eigenvalue weighted by Crippen LogP contribution is -2.39. The Kier molecular flexibility index (Phi) is 3.34. The predicted molar refractivity (Wildman–Crippen MR) is 46.2 cm³/mol. The number of rotatable bonds is 3. The Morgan fingerprint density at radius 1 is 1.83 bits per heavy atom. The smallest absolute Gasteiger partial charge is 0.404 e. The van der Waals surface area contributed by atoms with Gasteiger partial charge in [-0.15, -0.1) is 0 Å². The van der Waals surface area contributed by atoms with Gasteiger partial charge in [0.25, 0.3) is 0 Å². The fourth-order valence-electron chi connectivity index (χ4n) is 1.73. The minimum absolute atomic E-state index is 0.123. The molecule has 3 N–H and O–H groups in total. The van der Waals surface area contributed by atoms with Gasteiger partial charge in [-0.3, -0.25) is 0 Å². The van der Waals surface area contributed by atoms with Crippen molar-refractivity contribution < 1.29 is 9.90 Å². The van der Waals surface area contributed by atoms with Crippen LogP contribution in [0.5, 0.6) is 0 Å². The Morgan fingerprint density at radius 3 is 3.00 bits per heavy atom. The second kappa shape index (κ2) is 4.30. The molecule has 4 nitrogen and oxygen atoms in total. The van der Waals surface area contributed by atoms with E-state index in [1.54, 1.807) is 0 Å². The Labute approximate surface area is 72.3 Å². The lowest BCUT2D eigenvalue weighted by atomic mass is 9.97. The highest BCUT2D eigenvalue weighted by molar-refractivity contribution is 5.64. The molecule has 4 heteroatoms. The van der Waals surface area contributed by atoms with Crippen LogP contribution in [-0.4, -0.2) is 30.3 Å². The first-order valence-electron chi connectivity index (χ1n) is 4.44. The molecule has 0 spiro atoms. The molecule has 2 unspecified atom stereocenters. The third-order valence-electron chi connectivity index (χ3n) is 2.42. The number of carbonyl (C=O) groups is 1. The van der Waals surface area contributed by atoms with Gasteiger partial charge in [-0.25, -0.2) is 4.79 Å². The molecule has 1 saturated heterocycles. The van der Waals surface area contributed by atoms with Gasteiger partial charge >= 0.3 is 6.09 Å². The van der Waals surface area contributed by atoms with Crippen LogP contribution < -0.4 is 10.6 Å². The van der Waals surface area contributed by atoms with Crippen molar-refractivity contribution in [3.05, 3.63) is 0 Å².